The van der Waals surface area contributed by atoms with E-state index in [1.165, 1.54) is 12.8 Å². The molecular formula is C8H15NO2. The van der Waals surface area contributed by atoms with Crippen molar-refractivity contribution in [2.75, 3.05) is 13.2 Å². The molecule has 0 aromatic rings. The summed E-state index contributed by atoms with van der Waals surface area (Å²) in [4.78, 5) is 11.0. The molecule has 1 fully saturated rings. The molecule has 3 heteroatoms. The lowest BCUT2D eigenvalue weighted by atomic mass is 10.2. The van der Waals surface area contributed by atoms with Crippen LogP contribution in [0.5, 0.6) is 0 Å². The fourth-order valence-corrected chi connectivity index (χ4v) is 0.723. The van der Waals surface area contributed by atoms with Crippen molar-refractivity contribution >= 4 is 5.97 Å². The van der Waals surface area contributed by atoms with Crippen LogP contribution in [-0.2, 0) is 9.53 Å². The standard InChI is InChI=1S/C8H15NO2/c1-6(4-9)8(10)11-5-7-2-3-7/h6-7H,2-5,9H2,1H3. The summed E-state index contributed by atoms with van der Waals surface area (Å²) in [6, 6.07) is 0. The van der Waals surface area contributed by atoms with E-state index in [2.05, 4.69) is 0 Å². The van der Waals surface area contributed by atoms with Gasteiger partial charge in [0, 0.05) is 6.54 Å². The Labute approximate surface area is 66.9 Å². The van der Waals surface area contributed by atoms with Crippen LogP contribution in [0.3, 0.4) is 0 Å². The quantitative estimate of drug-likeness (QED) is 0.606. The van der Waals surface area contributed by atoms with Crippen LogP contribution in [0.15, 0.2) is 0 Å². The molecule has 0 radical (unpaired) electrons. The van der Waals surface area contributed by atoms with Crippen molar-refractivity contribution in [1.82, 2.24) is 0 Å². The molecule has 0 aromatic carbocycles. The van der Waals surface area contributed by atoms with Crippen molar-refractivity contribution in [3.8, 4) is 0 Å². The van der Waals surface area contributed by atoms with E-state index in [0.29, 0.717) is 19.1 Å². The summed E-state index contributed by atoms with van der Waals surface area (Å²) in [5.41, 5.74) is 5.29. The third-order valence-corrected chi connectivity index (χ3v) is 1.91. The highest BCUT2D eigenvalue weighted by atomic mass is 16.5. The minimum atomic E-state index is -0.153. The third kappa shape index (κ3) is 2.89. The smallest absolute Gasteiger partial charge is 0.309 e. The Kier molecular flexibility index (Phi) is 2.88. The average molecular weight is 157 g/mol. The van der Waals surface area contributed by atoms with Gasteiger partial charge < -0.3 is 10.5 Å². The van der Waals surface area contributed by atoms with Crippen LogP contribution in [0.1, 0.15) is 19.8 Å². The van der Waals surface area contributed by atoms with Crippen molar-refractivity contribution in [2.45, 2.75) is 19.8 Å². The SMILES string of the molecule is CC(CN)C(=O)OCC1CC1. The lowest BCUT2D eigenvalue weighted by Crippen LogP contribution is -2.23. The number of hydrogen-bond donors (Lipinski definition) is 1. The number of hydrogen-bond acceptors (Lipinski definition) is 3. The molecule has 11 heavy (non-hydrogen) atoms. The van der Waals surface area contributed by atoms with E-state index in [-0.39, 0.29) is 11.9 Å². The summed E-state index contributed by atoms with van der Waals surface area (Å²) in [5, 5.41) is 0. The minimum Gasteiger partial charge on any atom is -0.465 e. The van der Waals surface area contributed by atoms with Crippen LogP contribution < -0.4 is 5.73 Å². The van der Waals surface area contributed by atoms with E-state index >= 15 is 0 Å². The molecule has 1 rings (SSSR count). The molecule has 1 atom stereocenters. The van der Waals surface area contributed by atoms with Gasteiger partial charge in [-0.15, -0.1) is 0 Å². The van der Waals surface area contributed by atoms with Gasteiger partial charge in [0.2, 0.25) is 0 Å². The van der Waals surface area contributed by atoms with E-state index in [1.807, 2.05) is 0 Å². The first-order valence-electron chi connectivity index (χ1n) is 4.10. The van der Waals surface area contributed by atoms with E-state index < -0.39 is 0 Å². The Balaban J connectivity index is 2.08. The molecule has 3 nitrogen and oxygen atoms in total. The summed E-state index contributed by atoms with van der Waals surface area (Å²) >= 11 is 0. The van der Waals surface area contributed by atoms with Gasteiger partial charge in [-0.05, 0) is 18.8 Å². The molecule has 0 saturated heterocycles. The highest BCUT2D eigenvalue weighted by Gasteiger charge is 2.24. The maximum atomic E-state index is 11.0. The summed E-state index contributed by atoms with van der Waals surface area (Å²) < 4.78 is 5.00. The maximum absolute atomic E-state index is 11.0. The van der Waals surface area contributed by atoms with Crippen LogP contribution in [-0.4, -0.2) is 19.1 Å². The van der Waals surface area contributed by atoms with Crippen molar-refractivity contribution in [3.63, 3.8) is 0 Å². The fourth-order valence-electron chi connectivity index (χ4n) is 0.723. The Morgan fingerprint density at radius 3 is 2.82 bits per heavy atom. The number of esters is 1. The van der Waals surface area contributed by atoms with Gasteiger partial charge in [-0.1, -0.05) is 6.92 Å². The van der Waals surface area contributed by atoms with Crippen molar-refractivity contribution in [1.29, 1.82) is 0 Å². The zero-order valence-electron chi connectivity index (χ0n) is 6.88. The molecule has 0 bridgehead atoms. The van der Waals surface area contributed by atoms with Crippen molar-refractivity contribution in [3.05, 3.63) is 0 Å². The summed E-state index contributed by atoms with van der Waals surface area (Å²) in [7, 11) is 0. The van der Waals surface area contributed by atoms with Gasteiger partial charge >= 0.3 is 5.97 Å². The number of nitrogens with two attached hydrogens (primary N) is 1. The van der Waals surface area contributed by atoms with Gasteiger partial charge in [0.1, 0.15) is 0 Å². The molecule has 1 saturated carbocycles. The van der Waals surface area contributed by atoms with E-state index in [1.54, 1.807) is 6.92 Å². The molecule has 1 unspecified atom stereocenters. The molecule has 0 aliphatic heterocycles. The molecule has 1 aliphatic rings. The van der Waals surface area contributed by atoms with Crippen LogP contribution in [0.25, 0.3) is 0 Å². The molecule has 64 valence electrons. The van der Waals surface area contributed by atoms with Gasteiger partial charge in [0.05, 0.1) is 12.5 Å². The first-order valence-corrected chi connectivity index (χ1v) is 4.10. The predicted molar refractivity (Wildman–Crippen MR) is 41.9 cm³/mol. The second-order valence-electron chi connectivity index (χ2n) is 3.21. The van der Waals surface area contributed by atoms with Crippen molar-refractivity contribution in [2.24, 2.45) is 17.6 Å². The van der Waals surface area contributed by atoms with Crippen LogP contribution in [0.2, 0.25) is 0 Å². The first kappa shape index (κ1) is 8.53. The Morgan fingerprint density at radius 1 is 1.73 bits per heavy atom. The molecule has 0 amide bonds. The van der Waals surface area contributed by atoms with Gasteiger partial charge in [-0.25, -0.2) is 0 Å². The van der Waals surface area contributed by atoms with Gasteiger partial charge in [-0.3, -0.25) is 4.79 Å². The topological polar surface area (TPSA) is 52.3 Å². The lowest BCUT2D eigenvalue weighted by Gasteiger charge is -2.07. The molecule has 1 aliphatic carbocycles. The Hall–Kier alpha value is -0.570. The monoisotopic (exact) mass is 157 g/mol. The second kappa shape index (κ2) is 3.72. The zero-order valence-corrected chi connectivity index (χ0v) is 6.88. The number of rotatable bonds is 4. The number of carbonyl (C=O) groups excluding carboxylic acids is 1. The second-order valence-corrected chi connectivity index (χ2v) is 3.21. The molecule has 2 N–H and O–H groups in total. The molecular weight excluding hydrogens is 142 g/mol. The van der Waals surface area contributed by atoms with E-state index in [9.17, 15) is 4.79 Å². The van der Waals surface area contributed by atoms with Gasteiger partial charge in [0.15, 0.2) is 0 Å². The van der Waals surface area contributed by atoms with Crippen LogP contribution in [0.4, 0.5) is 0 Å². The lowest BCUT2D eigenvalue weighted by molar-refractivity contribution is -0.148. The summed E-state index contributed by atoms with van der Waals surface area (Å²) in [6.07, 6.45) is 2.43. The average Bonchev–Trinajstić information content (AvgIpc) is 2.81. The van der Waals surface area contributed by atoms with Crippen LogP contribution in [0, 0.1) is 11.8 Å². The van der Waals surface area contributed by atoms with Gasteiger partial charge in [-0.2, -0.15) is 0 Å². The predicted octanol–water partition coefficient (Wildman–Crippen LogP) is 0.534. The first-order chi connectivity index (χ1) is 5.24. The minimum absolute atomic E-state index is 0.145. The van der Waals surface area contributed by atoms with Gasteiger partial charge in [0.25, 0.3) is 0 Å². The molecule has 0 heterocycles. The summed E-state index contributed by atoms with van der Waals surface area (Å²) in [5.74, 6) is 0.345. The number of ether oxygens (including phenoxy) is 1. The Morgan fingerprint density at radius 2 is 2.36 bits per heavy atom. The maximum Gasteiger partial charge on any atom is 0.309 e. The number of carbonyl (C=O) groups is 1. The third-order valence-electron chi connectivity index (χ3n) is 1.91. The molecule has 0 spiro atoms. The van der Waals surface area contributed by atoms with Crippen molar-refractivity contribution < 1.29 is 9.53 Å². The zero-order chi connectivity index (χ0) is 8.27. The highest BCUT2D eigenvalue weighted by molar-refractivity contribution is 5.72. The summed E-state index contributed by atoms with van der Waals surface area (Å²) in [6.45, 7) is 2.77. The largest absolute Gasteiger partial charge is 0.465 e. The fraction of sp³-hybridized carbons (Fsp3) is 0.875. The van der Waals surface area contributed by atoms with Crippen LogP contribution >= 0.6 is 0 Å². The van der Waals surface area contributed by atoms with E-state index in [4.69, 9.17) is 10.5 Å². The Bertz CT molecular complexity index is 143. The normalized spacial score (nSPS) is 19.5. The highest BCUT2D eigenvalue weighted by Crippen LogP contribution is 2.28. The van der Waals surface area contributed by atoms with E-state index in [0.717, 1.165) is 0 Å². The molecule has 0 aromatic heterocycles.